The van der Waals surface area contributed by atoms with Crippen LogP contribution in [0.15, 0.2) is 29.2 Å². The van der Waals surface area contributed by atoms with Crippen molar-refractivity contribution in [2.24, 2.45) is 0 Å². The van der Waals surface area contributed by atoms with Gasteiger partial charge in [0.1, 0.15) is 0 Å². The molecule has 14 heavy (non-hydrogen) atoms. The first kappa shape index (κ1) is 11.5. The lowest BCUT2D eigenvalue weighted by Crippen LogP contribution is -2.12. The summed E-state index contributed by atoms with van der Waals surface area (Å²) in [5.41, 5.74) is 1.03. The molecule has 0 aliphatic heterocycles. The quantitative estimate of drug-likeness (QED) is 0.777. The van der Waals surface area contributed by atoms with Crippen LogP contribution in [0.25, 0.3) is 0 Å². The first-order valence-corrected chi connectivity index (χ1v) is 5.23. The van der Waals surface area contributed by atoms with Crippen molar-refractivity contribution in [3.8, 4) is 0 Å². The standard InChI is InChI=1S/C10H13F2NS/c1-7(13-2)8-4-3-5-9(6-8)14-10(11)12/h3-7,10,13H,1-2H3. The molecule has 1 unspecified atom stereocenters. The van der Waals surface area contributed by atoms with E-state index >= 15 is 0 Å². The minimum Gasteiger partial charge on any atom is -0.313 e. The third kappa shape index (κ3) is 3.27. The number of hydrogen-bond donors (Lipinski definition) is 1. The van der Waals surface area contributed by atoms with Crippen molar-refractivity contribution in [3.05, 3.63) is 29.8 Å². The molecule has 0 radical (unpaired) electrons. The van der Waals surface area contributed by atoms with Gasteiger partial charge in [-0.1, -0.05) is 23.9 Å². The summed E-state index contributed by atoms with van der Waals surface area (Å²) in [5, 5.41) is 3.06. The highest BCUT2D eigenvalue weighted by Crippen LogP contribution is 2.27. The SMILES string of the molecule is CNC(C)c1cccc(SC(F)F)c1. The number of rotatable bonds is 4. The van der Waals surface area contributed by atoms with E-state index in [1.165, 1.54) is 0 Å². The van der Waals surface area contributed by atoms with Gasteiger partial charge in [0.25, 0.3) is 5.76 Å². The molecule has 1 aromatic carbocycles. The Kier molecular flexibility index (Phi) is 4.35. The Hall–Kier alpha value is -0.610. The van der Waals surface area contributed by atoms with E-state index in [4.69, 9.17) is 0 Å². The smallest absolute Gasteiger partial charge is 0.288 e. The van der Waals surface area contributed by atoms with Gasteiger partial charge in [0, 0.05) is 10.9 Å². The van der Waals surface area contributed by atoms with Crippen molar-refractivity contribution in [2.45, 2.75) is 23.6 Å². The molecule has 0 bridgehead atoms. The third-order valence-corrected chi connectivity index (χ3v) is 2.72. The molecule has 78 valence electrons. The lowest BCUT2D eigenvalue weighted by atomic mass is 10.1. The first-order chi connectivity index (χ1) is 6.63. The molecule has 0 saturated carbocycles. The maximum atomic E-state index is 12.1. The second kappa shape index (κ2) is 5.32. The number of hydrogen-bond acceptors (Lipinski definition) is 2. The molecule has 1 aromatic rings. The van der Waals surface area contributed by atoms with Crippen molar-refractivity contribution in [1.29, 1.82) is 0 Å². The average Bonchev–Trinajstić information content (AvgIpc) is 2.16. The summed E-state index contributed by atoms with van der Waals surface area (Å²) in [5.74, 6) is -2.35. The van der Waals surface area contributed by atoms with Gasteiger partial charge < -0.3 is 5.32 Å². The largest absolute Gasteiger partial charge is 0.313 e. The summed E-state index contributed by atoms with van der Waals surface area (Å²) in [6.07, 6.45) is 0. The number of alkyl halides is 2. The zero-order valence-corrected chi connectivity index (χ0v) is 8.94. The van der Waals surface area contributed by atoms with Crippen LogP contribution in [0, 0.1) is 0 Å². The summed E-state index contributed by atoms with van der Waals surface area (Å²) in [4.78, 5) is 0.611. The maximum Gasteiger partial charge on any atom is 0.288 e. The monoisotopic (exact) mass is 217 g/mol. The van der Waals surface area contributed by atoms with Gasteiger partial charge in [-0.3, -0.25) is 0 Å². The zero-order chi connectivity index (χ0) is 10.6. The molecule has 0 aliphatic rings. The van der Waals surface area contributed by atoms with Crippen LogP contribution in [-0.2, 0) is 0 Å². The van der Waals surface area contributed by atoms with Crippen molar-refractivity contribution >= 4 is 11.8 Å². The van der Waals surface area contributed by atoms with Gasteiger partial charge in [-0.05, 0) is 31.7 Å². The fourth-order valence-electron chi connectivity index (χ4n) is 1.13. The third-order valence-electron chi connectivity index (χ3n) is 2.02. The Morgan fingerprint density at radius 3 is 2.64 bits per heavy atom. The second-order valence-corrected chi connectivity index (χ2v) is 4.02. The predicted molar refractivity (Wildman–Crippen MR) is 55.8 cm³/mol. The highest BCUT2D eigenvalue weighted by molar-refractivity contribution is 7.99. The van der Waals surface area contributed by atoms with Crippen LogP contribution < -0.4 is 5.32 Å². The Morgan fingerprint density at radius 1 is 1.36 bits per heavy atom. The lowest BCUT2D eigenvalue weighted by molar-refractivity contribution is 0.252. The number of thioether (sulfide) groups is 1. The molecule has 0 saturated heterocycles. The predicted octanol–water partition coefficient (Wildman–Crippen LogP) is 3.28. The molecule has 0 aliphatic carbocycles. The van der Waals surface area contributed by atoms with E-state index in [0.717, 1.165) is 5.56 Å². The highest BCUT2D eigenvalue weighted by Gasteiger charge is 2.07. The van der Waals surface area contributed by atoms with Crippen LogP contribution in [-0.4, -0.2) is 12.8 Å². The summed E-state index contributed by atoms with van der Waals surface area (Å²) in [6.45, 7) is 1.99. The molecule has 0 aromatic heterocycles. The van der Waals surface area contributed by atoms with E-state index < -0.39 is 5.76 Å². The Morgan fingerprint density at radius 2 is 2.07 bits per heavy atom. The molecule has 0 amide bonds. The summed E-state index contributed by atoms with van der Waals surface area (Å²) >= 11 is 0.579. The Labute approximate surface area is 86.9 Å². The van der Waals surface area contributed by atoms with Gasteiger partial charge in [-0.2, -0.15) is 8.78 Å². The van der Waals surface area contributed by atoms with Gasteiger partial charge in [-0.15, -0.1) is 0 Å². The molecule has 1 rings (SSSR count). The molecular formula is C10H13F2NS. The van der Waals surface area contributed by atoms with Crippen LogP contribution in [0.3, 0.4) is 0 Å². The van der Waals surface area contributed by atoms with Crippen LogP contribution in [0.2, 0.25) is 0 Å². The number of benzene rings is 1. The summed E-state index contributed by atoms with van der Waals surface area (Å²) in [7, 11) is 1.84. The molecule has 1 atom stereocenters. The molecule has 0 spiro atoms. The number of nitrogens with one attached hydrogen (secondary N) is 1. The Bertz CT molecular complexity index is 291. The summed E-state index contributed by atoms with van der Waals surface area (Å²) in [6, 6.07) is 7.40. The average molecular weight is 217 g/mol. The zero-order valence-electron chi connectivity index (χ0n) is 8.13. The van der Waals surface area contributed by atoms with E-state index in [0.29, 0.717) is 16.7 Å². The molecule has 0 heterocycles. The second-order valence-electron chi connectivity index (χ2n) is 2.96. The molecule has 1 N–H and O–H groups in total. The molecule has 1 nitrogen and oxygen atoms in total. The fourth-order valence-corrected chi connectivity index (χ4v) is 1.69. The van der Waals surface area contributed by atoms with Crippen molar-refractivity contribution < 1.29 is 8.78 Å². The Balaban J connectivity index is 2.78. The lowest BCUT2D eigenvalue weighted by Gasteiger charge is -2.11. The molecular weight excluding hydrogens is 204 g/mol. The van der Waals surface area contributed by atoms with Crippen molar-refractivity contribution in [1.82, 2.24) is 5.32 Å². The van der Waals surface area contributed by atoms with Gasteiger partial charge >= 0.3 is 0 Å². The maximum absolute atomic E-state index is 12.1. The first-order valence-electron chi connectivity index (χ1n) is 4.35. The van der Waals surface area contributed by atoms with E-state index in [1.54, 1.807) is 18.2 Å². The topological polar surface area (TPSA) is 12.0 Å². The number of halogens is 2. The van der Waals surface area contributed by atoms with Crippen molar-refractivity contribution in [2.75, 3.05) is 7.05 Å². The fraction of sp³-hybridized carbons (Fsp3) is 0.400. The minimum atomic E-state index is -2.35. The van der Waals surface area contributed by atoms with Crippen molar-refractivity contribution in [3.63, 3.8) is 0 Å². The van der Waals surface area contributed by atoms with Crippen LogP contribution in [0.1, 0.15) is 18.5 Å². The van der Waals surface area contributed by atoms with E-state index in [1.807, 2.05) is 20.0 Å². The van der Waals surface area contributed by atoms with E-state index in [2.05, 4.69) is 5.32 Å². The normalized spacial score (nSPS) is 13.2. The highest BCUT2D eigenvalue weighted by atomic mass is 32.2. The van der Waals surface area contributed by atoms with Crippen LogP contribution in [0.5, 0.6) is 0 Å². The van der Waals surface area contributed by atoms with Crippen LogP contribution >= 0.6 is 11.8 Å². The summed E-state index contributed by atoms with van der Waals surface area (Å²) < 4.78 is 24.2. The van der Waals surface area contributed by atoms with E-state index in [-0.39, 0.29) is 6.04 Å². The van der Waals surface area contributed by atoms with Gasteiger partial charge in [0.05, 0.1) is 0 Å². The molecule has 4 heteroatoms. The van der Waals surface area contributed by atoms with Gasteiger partial charge in [0.2, 0.25) is 0 Å². The minimum absolute atomic E-state index is 0.188. The van der Waals surface area contributed by atoms with E-state index in [9.17, 15) is 8.78 Å². The van der Waals surface area contributed by atoms with Crippen LogP contribution in [0.4, 0.5) is 8.78 Å². The van der Waals surface area contributed by atoms with Gasteiger partial charge in [-0.25, -0.2) is 0 Å². The molecule has 0 fully saturated rings. The van der Waals surface area contributed by atoms with Gasteiger partial charge in [0.15, 0.2) is 0 Å².